The Morgan fingerprint density at radius 2 is 1.85 bits per heavy atom. The molecule has 3 heterocycles. The van der Waals surface area contributed by atoms with Crippen molar-refractivity contribution >= 4 is 22.8 Å². The number of carbonyl (C=O) groups is 1. The first kappa shape index (κ1) is 22.9. The van der Waals surface area contributed by atoms with Gasteiger partial charge in [-0.1, -0.05) is 12.1 Å². The van der Waals surface area contributed by atoms with Crippen LogP contribution in [0.4, 0.5) is 10.6 Å². The van der Waals surface area contributed by atoms with Crippen molar-refractivity contribution in [3.63, 3.8) is 0 Å². The molecule has 33 heavy (non-hydrogen) atoms. The number of amides is 1. The van der Waals surface area contributed by atoms with Crippen LogP contribution in [0.1, 0.15) is 44.9 Å². The van der Waals surface area contributed by atoms with Gasteiger partial charge in [0.15, 0.2) is 0 Å². The lowest BCUT2D eigenvalue weighted by molar-refractivity contribution is 0.0210. The molecule has 1 aliphatic heterocycles. The Labute approximate surface area is 194 Å². The van der Waals surface area contributed by atoms with Crippen molar-refractivity contribution in [3.05, 3.63) is 47.8 Å². The number of carbonyl (C=O) groups excluding carboxylic acids is 1. The Kier molecular flexibility index (Phi) is 6.44. The average Bonchev–Trinajstić information content (AvgIpc) is 3.10. The number of aryl methyl sites for hydroxylation is 1. The molecule has 0 bridgehead atoms. The number of pyridine rings is 1. The maximum atomic E-state index is 12.3. The monoisotopic (exact) mass is 451 g/mol. The van der Waals surface area contributed by atoms with Gasteiger partial charge in [0.05, 0.1) is 30.3 Å². The van der Waals surface area contributed by atoms with Crippen molar-refractivity contribution in [2.45, 2.75) is 58.7 Å². The largest absolute Gasteiger partial charge is 0.497 e. The minimum atomic E-state index is -0.477. The highest BCUT2D eigenvalue weighted by Gasteiger charge is 2.27. The molecule has 1 aliphatic rings. The maximum Gasteiger partial charge on any atom is 0.410 e. The summed E-state index contributed by atoms with van der Waals surface area (Å²) < 4.78 is 12.8. The molecule has 0 saturated carbocycles. The normalized spacial score (nSPS) is 15.0. The molecular weight excluding hydrogens is 418 g/mol. The smallest absolute Gasteiger partial charge is 0.410 e. The van der Waals surface area contributed by atoms with Crippen LogP contribution in [-0.2, 0) is 11.3 Å². The van der Waals surface area contributed by atoms with Crippen LogP contribution in [-0.4, -0.2) is 57.6 Å². The number of hydrogen-bond acceptors (Lipinski definition) is 6. The molecule has 8 nitrogen and oxygen atoms in total. The van der Waals surface area contributed by atoms with E-state index < -0.39 is 5.60 Å². The third kappa shape index (κ3) is 5.38. The van der Waals surface area contributed by atoms with Gasteiger partial charge in [0.2, 0.25) is 0 Å². The molecule has 2 aromatic heterocycles. The number of likely N-dealkylation sites (tertiary alicyclic amines) is 1. The zero-order chi connectivity index (χ0) is 23.6. The number of rotatable bonds is 5. The summed E-state index contributed by atoms with van der Waals surface area (Å²) in [5.41, 5.74) is 2.67. The molecule has 4 rings (SSSR count). The van der Waals surface area contributed by atoms with Gasteiger partial charge in [-0.05, 0) is 64.3 Å². The SMILES string of the molecule is COc1ccc(Cn2nc(C)c3c(NC4CCN(C(=O)OC(C)(C)C)CC4)nccc32)cc1. The van der Waals surface area contributed by atoms with Crippen molar-refractivity contribution in [1.29, 1.82) is 0 Å². The summed E-state index contributed by atoms with van der Waals surface area (Å²) in [7, 11) is 1.67. The lowest BCUT2D eigenvalue weighted by Crippen LogP contribution is -2.44. The lowest BCUT2D eigenvalue weighted by Gasteiger charge is -2.34. The summed E-state index contributed by atoms with van der Waals surface area (Å²) in [6.45, 7) is 9.70. The highest BCUT2D eigenvalue weighted by atomic mass is 16.6. The van der Waals surface area contributed by atoms with E-state index >= 15 is 0 Å². The number of benzene rings is 1. The second-order valence-electron chi connectivity index (χ2n) is 9.53. The van der Waals surface area contributed by atoms with E-state index in [1.54, 1.807) is 12.0 Å². The van der Waals surface area contributed by atoms with Gasteiger partial charge in [-0.25, -0.2) is 9.78 Å². The molecule has 3 aromatic rings. The third-order valence-corrected chi connectivity index (χ3v) is 5.82. The molecular formula is C25H33N5O3. The quantitative estimate of drug-likeness (QED) is 0.610. The number of hydrogen-bond donors (Lipinski definition) is 1. The highest BCUT2D eigenvalue weighted by molar-refractivity contribution is 5.92. The molecule has 1 N–H and O–H groups in total. The Morgan fingerprint density at radius 1 is 1.15 bits per heavy atom. The first-order valence-corrected chi connectivity index (χ1v) is 11.4. The first-order chi connectivity index (χ1) is 15.7. The number of methoxy groups -OCH3 is 1. The molecule has 0 spiro atoms. The number of ether oxygens (including phenoxy) is 2. The Balaban J connectivity index is 1.45. The molecule has 0 unspecified atom stereocenters. The lowest BCUT2D eigenvalue weighted by atomic mass is 10.1. The summed E-state index contributed by atoms with van der Waals surface area (Å²) in [6, 6.07) is 10.3. The van der Waals surface area contributed by atoms with Gasteiger partial charge in [0, 0.05) is 25.3 Å². The highest BCUT2D eigenvalue weighted by Crippen LogP contribution is 2.27. The Morgan fingerprint density at radius 3 is 2.48 bits per heavy atom. The molecule has 8 heteroatoms. The van der Waals surface area contributed by atoms with E-state index in [0.717, 1.165) is 46.6 Å². The van der Waals surface area contributed by atoms with Crippen molar-refractivity contribution < 1.29 is 14.3 Å². The van der Waals surface area contributed by atoms with Crippen LogP contribution in [0.3, 0.4) is 0 Å². The Hall–Kier alpha value is -3.29. The molecule has 0 atom stereocenters. The minimum absolute atomic E-state index is 0.239. The van der Waals surface area contributed by atoms with Crippen LogP contribution in [0.15, 0.2) is 36.5 Å². The molecule has 1 amide bonds. The molecule has 0 aliphatic carbocycles. The summed E-state index contributed by atoms with van der Waals surface area (Å²) in [5, 5.41) is 9.43. The van der Waals surface area contributed by atoms with Gasteiger partial charge in [0.25, 0.3) is 0 Å². The maximum absolute atomic E-state index is 12.3. The van der Waals surface area contributed by atoms with E-state index in [1.165, 1.54) is 0 Å². The molecule has 1 saturated heterocycles. The van der Waals surface area contributed by atoms with Crippen molar-refractivity contribution in [3.8, 4) is 5.75 Å². The second-order valence-corrected chi connectivity index (χ2v) is 9.53. The fourth-order valence-electron chi connectivity index (χ4n) is 4.17. The molecule has 176 valence electrons. The van der Waals surface area contributed by atoms with E-state index in [1.807, 2.05) is 56.8 Å². The van der Waals surface area contributed by atoms with Crippen LogP contribution in [0.25, 0.3) is 10.9 Å². The van der Waals surface area contributed by atoms with Gasteiger partial charge >= 0.3 is 6.09 Å². The van der Waals surface area contributed by atoms with E-state index in [-0.39, 0.29) is 12.1 Å². The van der Waals surface area contributed by atoms with Gasteiger partial charge < -0.3 is 19.7 Å². The number of nitrogens with zero attached hydrogens (tertiary/aromatic N) is 4. The van der Waals surface area contributed by atoms with Gasteiger partial charge in [0.1, 0.15) is 17.2 Å². The van der Waals surface area contributed by atoms with Crippen LogP contribution < -0.4 is 10.1 Å². The number of aromatic nitrogens is 3. The van der Waals surface area contributed by atoms with Gasteiger partial charge in [-0.15, -0.1) is 0 Å². The van der Waals surface area contributed by atoms with Crippen LogP contribution >= 0.6 is 0 Å². The average molecular weight is 452 g/mol. The van der Waals surface area contributed by atoms with E-state index in [2.05, 4.69) is 22.4 Å². The Bertz CT molecular complexity index is 1110. The first-order valence-electron chi connectivity index (χ1n) is 11.4. The van der Waals surface area contributed by atoms with E-state index in [0.29, 0.717) is 19.6 Å². The summed E-state index contributed by atoms with van der Waals surface area (Å²) in [5.74, 6) is 1.69. The number of piperidine rings is 1. The van der Waals surface area contributed by atoms with Crippen molar-refractivity contribution in [2.75, 3.05) is 25.5 Å². The predicted octanol–water partition coefficient (Wildman–Crippen LogP) is 4.61. The summed E-state index contributed by atoms with van der Waals surface area (Å²) in [4.78, 5) is 18.7. The fourth-order valence-corrected chi connectivity index (χ4v) is 4.17. The topological polar surface area (TPSA) is 81.5 Å². The number of nitrogens with one attached hydrogen (secondary N) is 1. The van der Waals surface area contributed by atoms with Crippen LogP contribution in [0, 0.1) is 6.92 Å². The van der Waals surface area contributed by atoms with Crippen molar-refractivity contribution in [1.82, 2.24) is 19.7 Å². The van der Waals surface area contributed by atoms with Gasteiger partial charge in [-0.2, -0.15) is 5.10 Å². The number of fused-ring (bicyclic) bond motifs is 1. The molecule has 1 fully saturated rings. The van der Waals surface area contributed by atoms with Crippen molar-refractivity contribution in [2.24, 2.45) is 0 Å². The van der Waals surface area contributed by atoms with Crippen LogP contribution in [0.5, 0.6) is 5.75 Å². The molecule has 1 aromatic carbocycles. The van der Waals surface area contributed by atoms with Crippen LogP contribution in [0.2, 0.25) is 0 Å². The summed E-state index contributed by atoms with van der Waals surface area (Å²) >= 11 is 0. The minimum Gasteiger partial charge on any atom is -0.497 e. The van der Waals surface area contributed by atoms with E-state index in [9.17, 15) is 4.79 Å². The molecule has 0 radical (unpaired) electrons. The second kappa shape index (κ2) is 9.29. The van der Waals surface area contributed by atoms with Gasteiger partial charge in [-0.3, -0.25) is 4.68 Å². The predicted molar refractivity (Wildman–Crippen MR) is 129 cm³/mol. The zero-order valence-corrected chi connectivity index (χ0v) is 20.1. The number of anilines is 1. The summed E-state index contributed by atoms with van der Waals surface area (Å²) in [6.07, 6.45) is 3.27. The third-order valence-electron chi connectivity index (χ3n) is 5.82. The fraction of sp³-hybridized carbons (Fsp3) is 0.480. The zero-order valence-electron chi connectivity index (χ0n) is 20.1. The van der Waals surface area contributed by atoms with E-state index in [4.69, 9.17) is 14.6 Å². The standard InChI is InChI=1S/C25H33N5O3/c1-17-22-21(30(28-17)16-18-6-8-20(32-5)9-7-18)10-13-26-23(22)27-19-11-14-29(15-12-19)24(31)33-25(2,3)4/h6-10,13,19H,11-12,14-16H2,1-5H3,(H,26,27).